The Morgan fingerprint density at radius 1 is 1.26 bits per heavy atom. The number of piperidine rings is 1. The Morgan fingerprint density at radius 2 is 2.04 bits per heavy atom. The lowest BCUT2D eigenvalue weighted by atomic mass is 9.79. The Kier molecular flexibility index (Phi) is 4.65. The standard InChI is InChI=1S/C18H21NO4/c20-17(21)16-10-14-8-4-5-9-15(14)11-19(16)18(22)23-12-13-6-2-1-3-7-13/h1-3,6-7,9,14,16H,4-5,8,10-12H2,(H,20,21)/t14-,16-/m0/s1. The van der Waals surface area contributed by atoms with Gasteiger partial charge in [-0.3, -0.25) is 4.90 Å². The normalized spacial score (nSPS) is 23.7. The van der Waals surface area contributed by atoms with E-state index in [9.17, 15) is 14.7 Å². The van der Waals surface area contributed by atoms with Crippen LogP contribution in [0.2, 0.25) is 0 Å². The zero-order valence-electron chi connectivity index (χ0n) is 13.0. The van der Waals surface area contributed by atoms with Crippen molar-refractivity contribution in [2.75, 3.05) is 6.54 Å². The minimum Gasteiger partial charge on any atom is -0.480 e. The molecule has 5 nitrogen and oxygen atoms in total. The molecule has 2 aliphatic rings. The molecule has 0 bridgehead atoms. The molecule has 1 N–H and O–H groups in total. The van der Waals surface area contributed by atoms with Crippen molar-refractivity contribution in [3.05, 3.63) is 47.5 Å². The topological polar surface area (TPSA) is 66.8 Å². The zero-order valence-corrected chi connectivity index (χ0v) is 13.0. The van der Waals surface area contributed by atoms with Gasteiger partial charge in [0.05, 0.1) is 0 Å². The molecule has 1 aromatic carbocycles. The zero-order chi connectivity index (χ0) is 16.2. The highest BCUT2D eigenvalue weighted by molar-refractivity contribution is 5.80. The average molecular weight is 315 g/mol. The summed E-state index contributed by atoms with van der Waals surface area (Å²) in [4.78, 5) is 25.3. The van der Waals surface area contributed by atoms with Crippen molar-refractivity contribution in [1.82, 2.24) is 4.90 Å². The fraction of sp³-hybridized carbons (Fsp3) is 0.444. The molecule has 0 saturated carbocycles. The van der Waals surface area contributed by atoms with Crippen LogP contribution in [0.15, 0.2) is 42.0 Å². The summed E-state index contributed by atoms with van der Waals surface area (Å²) in [5.74, 6) is -0.658. The molecule has 3 rings (SSSR count). The molecule has 1 heterocycles. The highest BCUT2D eigenvalue weighted by Crippen LogP contribution is 2.35. The minimum absolute atomic E-state index is 0.158. The molecule has 2 atom stereocenters. The van der Waals surface area contributed by atoms with Crippen LogP contribution in [0.4, 0.5) is 4.79 Å². The molecule has 1 amide bonds. The van der Waals surface area contributed by atoms with Crippen LogP contribution in [0.5, 0.6) is 0 Å². The van der Waals surface area contributed by atoms with Gasteiger partial charge in [0.1, 0.15) is 12.6 Å². The van der Waals surface area contributed by atoms with Gasteiger partial charge in [-0.25, -0.2) is 9.59 Å². The number of hydrogen-bond acceptors (Lipinski definition) is 3. The number of fused-ring (bicyclic) bond motifs is 1. The van der Waals surface area contributed by atoms with E-state index in [2.05, 4.69) is 6.08 Å². The van der Waals surface area contributed by atoms with Crippen LogP contribution in [0.3, 0.4) is 0 Å². The summed E-state index contributed by atoms with van der Waals surface area (Å²) in [7, 11) is 0. The number of rotatable bonds is 3. The second kappa shape index (κ2) is 6.86. The molecular formula is C18H21NO4. The first-order chi connectivity index (χ1) is 11.1. The lowest BCUT2D eigenvalue weighted by Gasteiger charge is -2.39. The molecule has 5 heteroatoms. The van der Waals surface area contributed by atoms with E-state index in [1.54, 1.807) is 0 Å². The number of hydrogen-bond donors (Lipinski definition) is 1. The largest absolute Gasteiger partial charge is 0.480 e. The summed E-state index contributed by atoms with van der Waals surface area (Å²) in [6.45, 7) is 0.528. The Morgan fingerprint density at radius 3 is 2.78 bits per heavy atom. The third kappa shape index (κ3) is 3.55. The Bertz CT molecular complexity index is 611. The predicted octanol–water partition coefficient (Wildman–Crippen LogP) is 3.21. The van der Waals surface area contributed by atoms with Gasteiger partial charge in [0.15, 0.2) is 0 Å². The lowest BCUT2D eigenvalue weighted by molar-refractivity contribution is -0.144. The van der Waals surface area contributed by atoms with Crippen LogP contribution in [0.1, 0.15) is 31.2 Å². The summed E-state index contributed by atoms with van der Waals surface area (Å²) in [5.41, 5.74) is 2.07. The van der Waals surface area contributed by atoms with E-state index in [4.69, 9.17) is 4.74 Å². The van der Waals surface area contributed by atoms with Crippen molar-refractivity contribution in [3.8, 4) is 0 Å². The molecule has 122 valence electrons. The molecule has 0 radical (unpaired) electrons. The lowest BCUT2D eigenvalue weighted by Crippen LogP contribution is -2.51. The van der Waals surface area contributed by atoms with Crippen molar-refractivity contribution in [3.63, 3.8) is 0 Å². The maximum atomic E-state index is 12.4. The van der Waals surface area contributed by atoms with E-state index in [1.807, 2.05) is 30.3 Å². The quantitative estimate of drug-likeness (QED) is 0.870. The van der Waals surface area contributed by atoms with Gasteiger partial charge < -0.3 is 9.84 Å². The number of carboxylic acids is 1. The van der Waals surface area contributed by atoms with Crippen molar-refractivity contribution in [1.29, 1.82) is 0 Å². The third-order valence-electron chi connectivity index (χ3n) is 4.65. The molecule has 0 spiro atoms. The molecule has 1 aromatic rings. The number of ether oxygens (including phenoxy) is 1. The van der Waals surface area contributed by atoms with Gasteiger partial charge in [-0.15, -0.1) is 0 Å². The number of likely N-dealkylation sites (tertiary alicyclic amines) is 1. The maximum Gasteiger partial charge on any atom is 0.411 e. The van der Waals surface area contributed by atoms with Crippen LogP contribution in [0.25, 0.3) is 0 Å². The van der Waals surface area contributed by atoms with E-state index in [-0.39, 0.29) is 6.61 Å². The molecule has 0 aromatic heterocycles. The van der Waals surface area contributed by atoms with Gasteiger partial charge in [-0.1, -0.05) is 42.0 Å². The van der Waals surface area contributed by atoms with E-state index < -0.39 is 18.1 Å². The van der Waals surface area contributed by atoms with Gasteiger partial charge >= 0.3 is 12.1 Å². The number of carbonyl (C=O) groups is 2. The first-order valence-electron chi connectivity index (χ1n) is 8.04. The van der Waals surface area contributed by atoms with E-state index in [0.717, 1.165) is 24.8 Å². The Labute approximate surface area is 135 Å². The van der Waals surface area contributed by atoms with Gasteiger partial charge in [-0.2, -0.15) is 0 Å². The van der Waals surface area contributed by atoms with Crippen LogP contribution < -0.4 is 0 Å². The first-order valence-corrected chi connectivity index (χ1v) is 8.04. The van der Waals surface area contributed by atoms with Crippen molar-refractivity contribution in [2.24, 2.45) is 5.92 Å². The van der Waals surface area contributed by atoms with Gasteiger partial charge in [0, 0.05) is 6.54 Å². The number of nitrogens with zero attached hydrogens (tertiary/aromatic N) is 1. The number of aliphatic carboxylic acids is 1. The van der Waals surface area contributed by atoms with Crippen LogP contribution in [-0.4, -0.2) is 34.7 Å². The highest BCUT2D eigenvalue weighted by atomic mass is 16.6. The number of carbonyl (C=O) groups excluding carboxylic acids is 1. The summed E-state index contributed by atoms with van der Waals surface area (Å²) in [6.07, 6.45) is 5.22. The summed E-state index contributed by atoms with van der Waals surface area (Å²) >= 11 is 0. The van der Waals surface area contributed by atoms with Gasteiger partial charge in [0.25, 0.3) is 0 Å². The number of benzene rings is 1. The van der Waals surface area contributed by atoms with Gasteiger partial charge in [-0.05, 0) is 37.2 Å². The first kappa shape index (κ1) is 15.6. The highest BCUT2D eigenvalue weighted by Gasteiger charge is 2.39. The summed E-state index contributed by atoms with van der Waals surface area (Å²) in [6, 6.07) is 8.60. The molecule has 1 saturated heterocycles. The molecule has 23 heavy (non-hydrogen) atoms. The average Bonchev–Trinajstić information content (AvgIpc) is 2.59. The van der Waals surface area contributed by atoms with Crippen LogP contribution in [0, 0.1) is 5.92 Å². The fourth-order valence-electron chi connectivity index (χ4n) is 3.40. The number of carboxylic acid groups (broad SMARTS) is 1. The molecule has 1 aliphatic carbocycles. The number of amides is 1. The van der Waals surface area contributed by atoms with Crippen molar-refractivity contribution >= 4 is 12.1 Å². The predicted molar refractivity (Wildman–Crippen MR) is 84.8 cm³/mol. The van der Waals surface area contributed by atoms with Crippen LogP contribution in [-0.2, 0) is 16.1 Å². The maximum absolute atomic E-state index is 12.4. The molecule has 0 unspecified atom stereocenters. The SMILES string of the molecule is O=C(O)[C@@H]1C[C@@H]2CCCC=C2CN1C(=O)OCc1ccccc1. The fourth-order valence-corrected chi connectivity index (χ4v) is 3.40. The van der Waals surface area contributed by atoms with E-state index in [1.165, 1.54) is 10.5 Å². The smallest absolute Gasteiger partial charge is 0.411 e. The Hall–Kier alpha value is -2.30. The molecule has 1 fully saturated rings. The van der Waals surface area contributed by atoms with E-state index in [0.29, 0.717) is 18.9 Å². The summed E-state index contributed by atoms with van der Waals surface area (Å²) in [5, 5.41) is 9.46. The van der Waals surface area contributed by atoms with Crippen LogP contribution >= 0.6 is 0 Å². The van der Waals surface area contributed by atoms with Gasteiger partial charge in [0.2, 0.25) is 0 Å². The van der Waals surface area contributed by atoms with E-state index >= 15 is 0 Å². The molecular weight excluding hydrogens is 294 g/mol. The monoisotopic (exact) mass is 315 g/mol. The third-order valence-corrected chi connectivity index (χ3v) is 4.65. The molecule has 1 aliphatic heterocycles. The minimum atomic E-state index is -0.953. The second-order valence-electron chi connectivity index (χ2n) is 6.16. The Balaban J connectivity index is 1.69. The van der Waals surface area contributed by atoms with Crippen molar-refractivity contribution < 1.29 is 19.4 Å². The summed E-state index contributed by atoms with van der Waals surface area (Å²) < 4.78 is 5.32. The second-order valence-corrected chi connectivity index (χ2v) is 6.16. The van der Waals surface area contributed by atoms with Crippen molar-refractivity contribution in [2.45, 2.75) is 38.3 Å². The number of allylic oxidation sites excluding steroid dienone is 1.